The molecule has 0 bridgehead atoms. The van der Waals surface area contributed by atoms with Crippen LogP contribution >= 0.6 is 11.6 Å². The van der Waals surface area contributed by atoms with E-state index < -0.39 is 0 Å². The van der Waals surface area contributed by atoms with Crippen LogP contribution in [0.3, 0.4) is 0 Å². The molecular weight excluding hydrogens is 360 g/mol. The third-order valence-corrected chi connectivity index (χ3v) is 5.46. The number of nitrogens with one attached hydrogen (secondary N) is 2. The van der Waals surface area contributed by atoms with E-state index in [-0.39, 0.29) is 17.2 Å². The van der Waals surface area contributed by atoms with Crippen molar-refractivity contribution >= 4 is 28.8 Å². The van der Waals surface area contributed by atoms with Crippen LogP contribution in [0.15, 0.2) is 53.7 Å². The minimum absolute atomic E-state index is 0.0782. The highest BCUT2D eigenvalue weighted by Gasteiger charge is 2.39. The molecule has 0 fully saturated rings. The largest absolute Gasteiger partial charge is 0.496 e. The fourth-order valence-electron chi connectivity index (χ4n) is 4.05. The number of rotatable bonds is 2. The van der Waals surface area contributed by atoms with Gasteiger partial charge < -0.3 is 15.4 Å². The molecule has 5 heteroatoms. The Labute approximate surface area is 164 Å². The highest BCUT2D eigenvalue weighted by molar-refractivity contribution is 6.31. The van der Waals surface area contributed by atoms with E-state index >= 15 is 0 Å². The van der Waals surface area contributed by atoms with E-state index in [0.717, 1.165) is 40.4 Å². The number of allylic oxidation sites excluding steroid dienone is 1. The first-order valence-electron chi connectivity index (χ1n) is 9.10. The van der Waals surface area contributed by atoms with Crippen molar-refractivity contribution in [1.82, 2.24) is 0 Å². The van der Waals surface area contributed by atoms with Crippen molar-refractivity contribution in [2.24, 2.45) is 5.41 Å². The van der Waals surface area contributed by atoms with E-state index in [9.17, 15) is 4.79 Å². The molecule has 0 saturated carbocycles. The molecule has 140 valence electrons. The summed E-state index contributed by atoms with van der Waals surface area (Å²) in [5.74, 6) is 0.918. The molecule has 1 aliphatic heterocycles. The molecule has 4 rings (SSSR count). The van der Waals surface area contributed by atoms with Crippen molar-refractivity contribution in [3.8, 4) is 5.75 Å². The number of Topliss-reactive ketones (excluding diaryl/α,β-unsaturated/α-hetero) is 1. The lowest BCUT2D eigenvalue weighted by atomic mass is 9.73. The molecule has 0 radical (unpaired) electrons. The van der Waals surface area contributed by atoms with E-state index in [1.54, 1.807) is 7.11 Å². The van der Waals surface area contributed by atoms with Gasteiger partial charge in [-0.1, -0.05) is 43.6 Å². The van der Waals surface area contributed by atoms with Crippen molar-refractivity contribution in [1.29, 1.82) is 0 Å². The molecule has 2 N–H and O–H groups in total. The lowest BCUT2D eigenvalue weighted by Gasteiger charge is -2.34. The van der Waals surface area contributed by atoms with Crippen molar-refractivity contribution in [2.75, 3.05) is 17.7 Å². The maximum absolute atomic E-state index is 13.2. The number of methoxy groups -OCH3 is 1. The van der Waals surface area contributed by atoms with Crippen LogP contribution in [0.5, 0.6) is 5.75 Å². The number of benzene rings is 2. The second-order valence-electron chi connectivity index (χ2n) is 7.97. The highest BCUT2D eigenvalue weighted by Crippen LogP contribution is 2.47. The molecule has 0 spiro atoms. The Balaban J connectivity index is 1.92. The number of ketones is 1. The molecule has 0 amide bonds. The van der Waals surface area contributed by atoms with E-state index in [4.69, 9.17) is 16.3 Å². The van der Waals surface area contributed by atoms with Crippen LogP contribution < -0.4 is 15.4 Å². The summed E-state index contributed by atoms with van der Waals surface area (Å²) in [7, 11) is 1.65. The summed E-state index contributed by atoms with van der Waals surface area (Å²) in [6.45, 7) is 4.27. The molecular formula is C22H23ClN2O2. The van der Waals surface area contributed by atoms with Crippen LogP contribution in [-0.4, -0.2) is 12.9 Å². The average molecular weight is 383 g/mol. The van der Waals surface area contributed by atoms with E-state index in [0.29, 0.717) is 11.4 Å². The number of carbonyl (C=O) groups excluding carboxylic acids is 1. The molecule has 2 aromatic carbocycles. The zero-order chi connectivity index (χ0) is 19.2. The minimum Gasteiger partial charge on any atom is -0.496 e. The third kappa shape index (κ3) is 3.30. The molecule has 2 aromatic rings. The van der Waals surface area contributed by atoms with Crippen LogP contribution in [0.25, 0.3) is 0 Å². The van der Waals surface area contributed by atoms with Gasteiger partial charge in [-0.2, -0.15) is 0 Å². The van der Waals surface area contributed by atoms with Crippen LogP contribution in [-0.2, 0) is 4.79 Å². The number of ether oxygens (including phenoxy) is 1. The van der Waals surface area contributed by atoms with Gasteiger partial charge in [0.2, 0.25) is 0 Å². The summed E-state index contributed by atoms with van der Waals surface area (Å²) >= 11 is 6.24. The number of fused-ring (bicyclic) bond motifs is 1. The van der Waals surface area contributed by atoms with Gasteiger partial charge in [0.05, 0.1) is 24.5 Å². The molecule has 0 aromatic heterocycles. The maximum Gasteiger partial charge on any atom is 0.163 e. The first-order valence-corrected chi connectivity index (χ1v) is 9.48. The second kappa shape index (κ2) is 6.61. The smallest absolute Gasteiger partial charge is 0.163 e. The van der Waals surface area contributed by atoms with Crippen molar-refractivity contribution < 1.29 is 9.53 Å². The predicted octanol–water partition coefficient (Wildman–Crippen LogP) is 5.57. The summed E-state index contributed by atoms with van der Waals surface area (Å²) in [6, 6.07) is 13.2. The SMILES string of the molecule is COc1ccccc1C1Nc2cc(Cl)ccc2NC2=C1C(=O)CC(C)(C)C2. The second-order valence-corrected chi connectivity index (χ2v) is 8.40. The fraction of sp³-hybridized carbons (Fsp3) is 0.318. The molecule has 2 aliphatic rings. The summed E-state index contributed by atoms with van der Waals surface area (Å²) in [6.07, 6.45) is 1.33. The van der Waals surface area contributed by atoms with Gasteiger partial charge in [-0.15, -0.1) is 0 Å². The summed E-state index contributed by atoms with van der Waals surface area (Å²) in [4.78, 5) is 13.2. The number of hydrogen-bond donors (Lipinski definition) is 2. The van der Waals surface area contributed by atoms with Crippen molar-refractivity contribution in [2.45, 2.75) is 32.7 Å². The maximum atomic E-state index is 13.2. The fourth-order valence-corrected chi connectivity index (χ4v) is 4.23. The highest BCUT2D eigenvalue weighted by atomic mass is 35.5. The minimum atomic E-state index is -0.299. The Morgan fingerprint density at radius 3 is 2.67 bits per heavy atom. The number of carbonyl (C=O) groups is 1. The van der Waals surface area contributed by atoms with E-state index in [1.807, 2.05) is 42.5 Å². The van der Waals surface area contributed by atoms with Gasteiger partial charge in [0.1, 0.15) is 5.75 Å². The van der Waals surface area contributed by atoms with E-state index in [2.05, 4.69) is 24.5 Å². The van der Waals surface area contributed by atoms with Crippen LogP contribution in [0.4, 0.5) is 11.4 Å². The van der Waals surface area contributed by atoms with Gasteiger partial charge in [-0.3, -0.25) is 4.79 Å². The first-order chi connectivity index (χ1) is 12.9. The summed E-state index contributed by atoms with van der Waals surface area (Å²) in [5.41, 5.74) is 4.42. The Morgan fingerprint density at radius 1 is 1.11 bits per heavy atom. The molecule has 1 unspecified atom stereocenters. The summed E-state index contributed by atoms with van der Waals surface area (Å²) < 4.78 is 5.59. The summed E-state index contributed by atoms with van der Waals surface area (Å²) in [5, 5.41) is 7.70. The van der Waals surface area contributed by atoms with Gasteiger partial charge in [0, 0.05) is 28.3 Å². The molecule has 1 aliphatic carbocycles. The normalized spacial score (nSPS) is 20.7. The van der Waals surface area contributed by atoms with Gasteiger partial charge >= 0.3 is 0 Å². The Kier molecular flexibility index (Phi) is 4.39. The zero-order valence-corrected chi connectivity index (χ0v) is 16.5. The first kappa shape index (κ1) is 17.9. The predicted molar refractivity (Wildman–Crippen MR) is 109 cm³/mol. The quantitative estimate of drug-likeness (QED) is 0.712. The van der Waals surface area contributed by atoms with Crippen molar-refractivity contribution in [3.05, 3.63) is 64.3 Å². The monoisotopic (exact) mass is 382 g/mol. The van der Waals surface area contributed by atoms with Gasteiger partial charge in [-0.05, 0) is 36.1 Å². The number of hydrogen-bond acceptors (Lipinski definition) is 4. The van der Waals surface area contributed by atoms with Gasteiger partial charge in [-0.25, -0.2) is 0 Å². The molecule has 1 heterocycles. The number of para-hydroxylation sites is 1. The topological polar surface area (TPSA) is 50.4 Å². The Morgan fingerprint density at radius 2 is 1.89 bits per heavy atom. The van der Waals surface area contributed by atoms with Crippen LogP contribution in [0.1, 0.15) is 38.3 Å². The number of halogens is 1. The Hall–Kier alpha value is -2.46. The number of anilines is 2. The molecule has 4 nitrogen and oxygen atoms in total. The van der Waals surface area contributed by atoms with Gasteiger partial charge in [0.15, 0.2) is 5.78 Å². The lowest BCUT2D eigenvalue weighted by molar-refractivity contribution is -0.118. The van der Waals surface area contributed by atoms with Crippen LogP contribution in [0.2, 0.25) is 5.02 Å². The third-order valence-electron chi connectivity index (χ3n) is 5.23. The Bertz CT molecular complexity index is 949. The molecule has 1 atom stereocenters. The van der Waals surface area contributed by atoms with Crippen LogP contribution in [0, 0.1) is 5.41 Å². The van der Waals surface area contributed by atoms with Gasteiger partial charge in [0.25, 0.3) is 0 Å². The van der Waals surface area contributed by atoms with Crippen molar-refractivity contribution in [3.63, 3.8) is 0 Å². The zero-order valence-electron chi connectivity index (χ0n) is 15.7. The standard InChI is InChI=1S/C22H23ClN2O2/c1-22(2)11-17-20(18(26)12-22)21(14-6-4-5-7-19(14)27-3)25-16-10-13(23)8-9-15(16)24-17/h4-10,21,24-25H,11-12H2,1-3H3. The lowest BCUT2D eigenvalue weighted by Crippen LogP contribution is -2.31. The molecule has 27 heavy (non-hydrogen) atoms. The van der Waals surface area contributed by atoms with E-state index in [1.165, 1.54) is 0 Å². The average Bonchev–Trinajstić information content (AvgIpc) is 2.76. The molecule has 0 saturated heterocycles.